The molecule has 1 aliphatic rings. The Morgan fingerprint density at radius 2 is 1.90 bits per heavy atom. The van der Waals surface area contributed by atoms with E-state index in [9.17, 15) is 0 Å². The highest BCUT2D eigenvalue weighted by molar-refractivity contribution is 4.92. The Morgan fingerprint density at radius 1 is 1.30 bits per heavy atom. The first-order valence-electron chi connectivity index (χ1n) is 4.11. The van der Waals surface area contributed by atoms with Crippen molar-refractivity contribution >= 4 is 0 Å². The van der Waals surface area contributed by atoms with Crippen LogP contribution in [0.1, 0.15) is 34.1 Å². The third kappa shape index (κ3) is 3.67. The van der Waals surface area contributed by atoms with Gasteiger partial charge in [0.25, 0.3) is 0 Å². The zero-order valence-electron chi connectivity index (χ0n) is 7.42. The highest BCUT2D eigenvalue weighted by atomic mass is 16.5. The lowest BCUT2D eigenvalue weighted by Gasteiger charge is -2.19. The molecule has 1 nitrogen and oxygen atoms in total. The van der Waals surface area contributed by atoms with Crippen molar-refractivity contribution in [2.45, 2.75) is 46.3 Å². The van der Waals surface area contributed by atoms with Crippen LogP contribution in [0.15, 0.2) is 12.2 Å². The smallest absolute Gasteiger partial charge is 0.0731 e. The van der Waals surface area contributed by atoms with Crippen molar-refractivity contribution in [2.24, 2.45) is 0 Å². The molecule has 0 saturated carbocycles. The number of hydrogen-bond acceptors (Lipinski definition) is 1. The molecule has 0 aromatic carbocycles. The van der Waals surface area contributed by atoms with Crippen molar-refractivity contribution in [1.82, 2.24) is 0 Å². The minimum Gasteiger partial charge on any atom is -0.371 e. The third-order valence-electron chi connectivity index (χ3n) is 1.32. The molecule has 0 aromatic heterocycles. The Morgan fingerprint density at radius 3 is 2.20 bits per heavy atom. The van der Waals surface area contributed by atoms with Gasteiger partial charge in [-0.05, 0) is 20.3 Å². The molecule has 0 aliphatic carbocycles. The lowest BCUT2D eigenvalue weighted by atomic mass is 10.2. The fourth-order valence-corrected chi connectivity index (χ4v) is 0.929. The summed E-state index contributed by atoms with van der Waals surface area (Å²) in [5.41, 5.74) is 0. The number of hydrogen-bond donors (Lipinski definition) is 0. The predicted octanol–water partition coefficient (Wildman–Crippen LogP) is 2.77. The Kier molecular flexibility index (Phi) is 5.32. The van der Waals surface area contributed by atoms with Crippen LogP contribution in [0.25, 0.3) is 0 Å². The van der Waals surface area contributed by atoms with Crippen LogP contribution in [0.4, 0.5) is 0 Å². The summed E-state index contributed by atoms with van der Waals surface area (Å²) >= 11 is 0. The molecule has 0 amide bonds. The van der Waals surface area contributed by atoms with E-state index in [-0.39, 0.29) is 0 Å². The van der Waals surface area contributed by atoms with E-state index < -0.39 is 0 Å². The maximum atomic E-state index is 5.40. The van der Waals surface area contributed by atoms with E-state index in [2.05, 4.69) is 26.0 Å². The van der Waals surface area contributed by atoms with E-state index in [4.69, 9.17) is 4.74 Å². The minimum absolute atomic E-state index is 0.332. The number of rotatable bonds is 0. The molecule has 1 unspecified atom stereocenters. The summed E-state index contributed by atoms with van der Waals surface area (Å²) in [7, 11) is 0. The molecule has 1 rings (SSSR count). The first kappa shape index (κ1) is 9.70. The third-order valence-corrected chi connectivity index (χ3v) is 1.32. The number of ether oxygens (including phenoxy) is 1. The Labute approximate surface area is 64.1 Å². The Balaban J connectivity index is 0.000000371. The summed E-state index contributed by atoms with van der Waals surface area (Å²) in [5, 5.41) is 0. The second-order valence-electron chi connectivity index (χ2n) is 2.32. The van der Waals surface area contributed by atoms with E-state index in [1.165, 1.54) is 0 Å². The topological polar surface area (TPSA) is 9.23 Å². The average molecular weight is 142 g/mol. The van der Waals surface area contributed by atoms with E-state index in [0.29, 0.717) is 12.2 Å². The molecule has 0 radical (unpaired) electrons. The molecule has 2 atom stereocenters. The van der Waals surface area contributed by atoms with Crippen molar-refractivity contribution in [1.29, 1.82) is 0 Å². The zero-order valence-corrected chi connectivity index (χ0v) is 7.42. The monoisotopic (exact) mass is 142 g/mol. The van der Waals surface area contributed by atoms with Gasteiger partial charge in [0.15, 0.2) is 0 Å². The summed E-state index contributed by atoms with van der Waals surface area (Å²) in [6, 6.07) is 0. The molecule has 0 N–H and O–H groups in total. The van der Waals surface area contributed by atoms with Gasteiger partial charge in [-0.2, -0.15) is 0 Å². The second-order valence-corrected chi connectivity index (χ2v) is 2.32. The lowest BCUT2D eigenvalue weighted by Crippen LogP contribution is -2.17. The van der Waals surface area contributed by atoms with Crippen molar-refractivity contribution in [3.8, 4) is 0 Å². The van der Waals surface area contributed by atoms with Crippen LogP contribution in [-0.4, -0.2) is 12.2 Å². The van der Waals surface area contributed by atoms with Gasteiger partial charge in [-0.15, -0.1) is 0 Å². The normalized spacial score (nSPS) is 30.8. The molecule has 1 heterocycles. The van der Waals surface area contributed by atoms with Gasteiger partial charge in [0.05, 0.1) is 12.2 Å². The Bertz CT molecular complexity index is 96.9. The summed E-state index contributed by atoms with van der Waals surface area (Å²) in [5.74, 6) is 0. The molecule has 1 aliphatic heterocycles. The quantitative estimate of drug-likeness (QED) is 0.472. The molecule has 0 bridgehead atoms. The standard InChI is InChI=1S/C7H12O.C2H6/c1-6-4-3-5-7(2)8-6;1-2/h3-4,6-7H,5H2,1-2H3;1-2H3/t6?,7-;/m1./s1. The SMILES string of the molecule is CC.CC1C=CC[C@@H](C)O1. The largest absolute Gasteiger partial charge is 0.371 e. The van der Waals surface area contributed by atoms with E-state index >= 15 is 0 Å². The van der Waals surface area contributed by atoms with Gasteiger partial charge in [-0.25, -0.2) is 0 Å². The van der Waals surface area contributed by atoms with E-state index in [1.54, 1.807) is 0 Å². The summed E-state index contributed by atoms with van der Waals surface area (Å²) in [6.07, 6.45) is 6.11. The van der Waals surface area contributed by atoms with Crippen molar-refractivity contribution in [2.75, 3.05) is 0 Å². The molecule has 0 aromatic rings. The van der Waals surface area contributed by atoms with Crippen LogP contribution in [0.2, 0.25) is 0 Å². The van der Waals surface area contributed by atoms with Crippen LogP contribution in [0, 0.1) is 0 Å². The lowest BCUT2D eigenvalue weighted by molar-refractivity contribution is 0.0276. The molecule has 10 heavy (non-hydrogen) atoms. The van der Waals surface area contributed by atoms with Gasteiger partial charge in [-0.1, -0.05) is 26.0 Å². The zero-order chi connectivity index (χ0) is 7.98. The molecular formula is C9H18O. The minimum atomic E-state index is 0.332. The van der Waals surface area contributed by atoms with E-state index in [0.717, 1.165) is 6.42 Å². The van der Waals surface area contributed by atoms with Gasteiger partial charge < -0.3 is 4.74 Å². The highest BCUT2D eigenvalue weighted by Crippen LogP contribution is 2.09. The molecule has 1 heteroatoms. The maximum absolute atomic E-state index is 5.40. The van der Waals surface area contributed by atoms with Gasteiger partial charge in [0.2, 0.25) is 0 Å². The fraction of sp³-hybridized carbons (Fsp3) is 0.778. The summed E-state index contributed by atoms with van der Waals surface area (Å²) < 4.78 is 5.40. The van der Waals surface area contributed by atoms with Crippen LogP contribution >= 0.6 is 0 Å². The summed E-state index contributed by atoms with van der Waals surface area (Å²) in [4.78, 5) is 0. The summed E-state index contributed by atoms with van der Waals surface area (Å²) in [6.45, 7) is 8.16. The molecule has 0 spiro atoms. The van der Waals surface area contributed by atoms with Crippen LogP contribution in [0.3, 0.4) is 0 Å². The average Bonchev–Trinajstić information content (AvgIpc) is 1.91. The van der Waals surface area contributed by atoms with Crippen molar-refractivity contribution < 1.29 is 4.74 Å². The maximum Gasteiger partial charge on any atom is 0.0731 e. The molecule has 0 saturated heterocycles. The first-order valence-corrected chi connectivity index (χ1v) is 4.11. The van der Waals surface area contributed by atoms with E-state index in [1.807, 2.05) is 13.8 Å². The Hall–Kier alpha value is -0.300. The highest BCUT2D eigenvalue weighted by Gasteiger charge is 2.07. The van der Waals surface area contributed by atoms with Gasteiger partial charge in [0, 0.05) is 0 Å². The molecule has 0 fully saturated rings. The van der Waals surface area contributed by atoms with Crippen LogP contribution < -0.4 is 0 Å². The van der Waals surface area contributed by atoms with Gasteiger partial charge >= 0.3 is 0 Å². The van der Waals surface area contributed by atoms with Gasteiger partial charge in [0.1, 0.15) is 0 Å². The van der Waals surface area contributed by atoms with Crippen LogP contribution in [-0.2, 0) is 4.74 Å². The second kappa shape index (κ2) is 5.48. The van der Waals surface area contributed by atoms with Crippen molar-refractivity contribution in [3.63, 3.8) is 0 Å². The molecule has 60 valence electrons. The predicted molar refractivity (Wildman–Crippen MR) is 45.1 cm³/mol. The fourth-order valence-electron chi connectivity index (χ4n) is 0.929. The van der Waals surface area contributed by atoms with Gasteiger partial charge in [-0.3, -0.25) is 0 Å². The van der Waals surface area contributed by atoms with Crippen LogP contribution in [0.5, 0.6) is 0 Å². The molecular weight excluding hydrogens is 124 g/mol. The van der Waals surface area contributed by atoms with Crippen molar-refractivity contribution in [3.05, 3.63) is 12.2 Å². The first-order chi connectivity index (χ1) is 4.79.